The molecule has 1 spiro atoms. The highest BCUT2D eigenvalue weighted by molar-refractivity contribution is 7.89. The minimum Gasteiger partial charge on any atom is -0.377 e. The average molecular weight is 490 g/mol. The van der Waals surface area contributed by atoms with Crippen LogP contribution in [0, 0.1) is 0 Å². The lowest BCUT2D eigenvalue weighted by atomic mass is 10.1. The van der Waals surface area contributed by atoms with Crippen molar-refractivity contribution in [2.24, 2.45) is 0 Å². The maximum atomic E-state index is 14.0. The van der Waals surface area contributed by atoms with Crippen LogP contribution in [0.1, 0.15) is 23.3 Å². The molecule has 1 amide bonds. The van der Waals surface area contributed by atoms with Gasteiger partial charge in [-0.25, -0.2) is 13.4 Å². The zero-order valence-electron chi connectivity index (χ0n) is 19.7. The van der Waals surface area contributed by atoms with Crippen LogP contribution in [-0.4, -0.2) is 72.8 Å². The van der Waals surface area contributed by atoms with E-state index in [0.717, 1.165) is 34.7 Å². The number of carbonyl (C=O) groups is 1. The number of sulfonamides is 1. The van der Waals surface area contributed by atoms with Crippen LogP contribution in [0.5, 0.6) is 0 Å². The molecule has 6 rings (SSSR count). The Balaban J connectivity index is 1.32. The van der Waals surface area contributed by atoms with E-state index in [2.05, 4.69) is 9.97 Å². The maximum Gasteiger partial charge on any atom is 0.270 e. The third kappa shape index (κ3) is 3.49. The number of amides is 1. The van der Waals surface area contributed by atoms with Crippen LogP contribution in [0.15, 0.2) is 65.7 Å². The number of aromatic nitrogens is 2. The summed E-state index contributed by atoms with van der Waals surface area (Å²) in [7, 11) is 0.154. The number of piperazine rings is 1. The Morgan fingerprint density at radius 1 is 1.03 bits per heavy atom. The van der Waals surface area contributed by atoms with Crippen molar-refractivity contribution in [2.75, 3.05) is 38.6 Å². The fraction of sp³-hybridized carbons (Fsp3) is 0.308. The Morgan fingerprint density at radius 3 is 2.54 bits per heavy atom. The van der Waals surface area contributed by atoms with Gasteiger partial charge >= 0.3 is 0 Å². The predicted molar refractivity (Wildman–Crippen MR) is 136 cm³/mol. The quantitative estimate of drug-likeness (QED) is 0.474. The Kier molecular flexibility index (Phi) is 4.91. The van der Waals surface area contributed by atoms with Gasteiger partial charge in [-0.1, -0.05) is 24.3 Å². The third-order valence-corrected chi connectivity index (χ3v) is 9.29. The van der Waals surface area contributed by atoms with Gasteiger partial charge in [0.15, 0.2) is 0 Å². The number of nitrogens with one attached hydrogen (secondary N) is 1. The first kappa shape index (κ1) is 22.1. The summed E-state index contributed by atoms with van der Waals surface area (Å²) in [5.41, 5.74) is 1.59. The molecule has 35 heavy (non-hydrogen) atoms. The summed E-state index contributed by atoms with van der Waals surface area (Å²) < 4.78 is 29.6. The smallest absolute Gasteiger partial charge is 0.270 e. The zero-order valence-corrected chi connectivity index (χ0v) is 20.5. The van der Waals surface area contributed by atoms with Gasteiger partial charge in [0.1, 0.15) is 11.3 Å². The van der Waals surface area contributed by atoms with E-state index in [1.54, 1.807) is 21.5 Å². The number of hydrogen-bond donors (Lipinski definition) is 1. The topological polar surface area (TPSA) is 89.6 Å². The van der Waals surface area contributed by atoms with Crippen molar-refractivity contribution >= 4 is 43.4 Å². The first-order valence-corrected chi connectivity index (χ1v) is 13.2. The van der Waals surface area contributed by atoms with Crippen LogP contribution < -0.4 is 4.90 Å². The van der Waals surface area contributed by atoms with Crippen molar-refractivity contribution in [3.63, 3.8) is 0 Å². The monoisotopic (exact) mass is 489 g/mol. The fourth-order valence-corrected chi connectivity index (χ4v) is 7.32. The number of aromatic amines is 1. The largest absolute Gasteiger partial charge is 0.377 e. The zero-order chi connectivity index (χ0) is 24.4. The predicted octanol–water partition coefficient (Wildman–Crippen LogP) is 3.46. The lowest BCUT2D eigenvalue weighted by Gasteiger charge is -2.41. The van der Waals surface area contributed by atoms with Gasteiger partial charge < -0.3 is 14.8 Å². The number of anilines is 1. The SMILES string of the molecule is CN(C)c1cccc2c(S(=O)(=O)N3CCN(C(=O)c4cc5cccnc5[nH]4)CC34CC4)cccc12. The van der Waals surface area contributed by atoms with Crippen molar-refractivity contribution in [1.29, 1.82) is 0 Å². The van der Waals surface area contributed by atoms with E-state index in [9.17, 15) is 13.2 Å². The van der Waals surface area contributed by atoms with Crippen molar-refractivity contribution in [2.45, 2.75) is 23.3 Å². The van der Waals surface area contributed by atoms with Crippen molar-refractivity contribution in [3.05, 3.63) is 66.5 Å². The van der Waals surface area contributed by atoms with Gasteiger partial charge in [-0.05, 0) is 43.2 Å². The molecule has 0 bridgehead atoms. The van der Waals surface area contributed by atoms with Gasteiger partial charge in [0.2, 0.25) is 10.0 Å². The molecule has 4 aromatic rings. The number of H-pyrrole nitrogens is 1. The van der Waals surface area contributed by atoms with Gasteiger partial charge in [0, 0.05) is 61.8 Å². The molecule has 3 heterocycles. The minimum absolute atomic E-state index is 0.118. The first-order valence-electron chi connectivity index (χ1n) is 11.8. The van der Waals surface area contributed by atoms with Crippen molar-refractivity contribution < 1.29 is 13.2 Å². The normalized spacial score (nSPS) is 17.8. The van der Waals surface area contributed by atoms with Crippen LogP contribution in [0.25, 0.3) is 21.8 Å². The second kappa shape index (κ2) is 7.79. The Bertz CT molecular complexity index is 1540. The molecule has 180 valence electrons. The lowest BCUT2D eigenvalue weighted by Crippen LogP contribution is -2.58. The molecular weight excluding hydrogens is 462 g/mol. The van der Waals surface area contributed by atoms with E-state index in [4.69, 9.17) is 0 Å². The van der Waals surface area contributed by atoms with Crippen molar-refractivity contribution in [1.82, 2.24) is 19.2 Å². The highest BCUT2D eigenvalue weighted by Crippen LogP contribution is 2.48. The highest BCUT2D eigenvalue weighted by atomic mass is 32.2. The highest BCUT2D eigenvalue weighted by Gasteiger charge is 2.56. The van der Waals surface area contributed by atoms with Crippen molar-refractivity contribution in [3.8, 4) is 0 Å². The molecule has 0 radical (unpaired) electrons. The molecular formula is C26H27N5O3S. The molecule has 2 aliphatic rings. The molecule has 1 N–H and O–H groups in total. The van der Waals surface area contributed by atoms with Gasteiger partial charge in [0.05, 0.1) is 10.4 Å². The van der Waals surface area contributed by atoms with Crippen LogP contribution in [0.3, 0.4) is 0 Å². The van der Waals surface area contributed by atoms with E-state index in [1.165, 1.54) is 0 Å². The molecule has 2 aromatic heterocycles. The van der Waals surface area contributed by atoms with Crippen LogP contribution >= 0.6 is 0 Å². The van der Waals surface area contributed by atoms with E-state index in [0.29, 0.717) is 29.3 Å². The number of hydrogen-bond acceptors (Lipinski definition) is 5. The van der Waals surface area contributed by atoms with Crippen LogP contribution in [-0.2, 0) is 10.0 Å². The molecule has 1 aliphatic carbocycles. The minimum atomic E-state index is -3.75. The Morgan fingerprint density at radius 2 is 1.80 bits per heavy atom. The van der Waals surface area contributed by atoms with E-state index in [-0.39, 0.29) is 12.5 Å². The van der Waals surface area contributed by atoms with Gasteiger partial charge in [0.25, 0.3) is 5.91 Å². The number of benzene rings is 2. The van der Waals surface area contributed by atoms with E-state index < -0.39 is 15.6 Å². The molecule has 1 aliphatic heterocycles. The summed E-state index contributed by atoms with van der Waals surface area (Å²) in [6.07, 6.45) is 3.18. The molecule has 8 nitrogen and oxygen atoms in total. The summed E-state index contributed by atoms with van der Waals surface area (Å²) in [4.78, 5) is 24.8. The standard InChI is InChI=1S/C26H27N5O3S/c1-29(2)22-9-3-8-20-19(22)7-4-10-23(20)35(33,34)31-15-14-30(17-26(31)11-12-26)25(32)21-16-18-6-5-13-27-24(18)28-21/h3-10,13,16H,11-12,14-15,17H2,1-2H3,(H,27,28). The molecule has 2 fully saturated rings. The van der Waals surface area contributed by atoms with Gasteiger partial charge in [-0.2, -0.15) is 4.31 Å². The second-order valence-electron chi connectivity index (χ2n) is 9.68. The second-order valence-corrected chi connectivity index (χ2v) is 11.5. The van der Waals surface area contributed by atoms with E-state index >= 15 is 0 Å². The third-order valence-electron chi connectivity index (χ3n) is 7.23. The molecule has 2 aromatic carbocycles. The Labute approximate surface area is 204 Å². The van der Waals surface area contributed by atoms with Gasteiger partial charge in [-0.3, -0.25) is 4.79 Å². The van der Waals surface area contributed by atoms with E-state index in [1.807, 2.05) is 67.5 Å². The summed E-state index contributed by atoms with van der Waals surface area (Å²) in [5, 5.41) is 2.51. The summed E-state index contributed by atoms with van der Waals surface area (Å²) in [5.74, 6) is -0.118. The Hall–Kier alpha value is -3.43. The van der Waals surface area contributed by atoms with Gasteiger partial charge in [-0.15, -0.1) is 0 Å². The number of carbonyl (C=O) groups excluding carboxylic acids is 1. The average Bonchev–Trinajstić information content (AvgIpc) is 3.46. The summed E-state index contributed by atoms with van der Waals surface area (Å²) in [6.45, 7) is 1.01. The molecule has 9 heteroatoms. The lowest BCUT2D eigenvalue weighted by molar-refractivity contribution is 0.0595. The maximum absolute atomic E-state index is 14.0. The summed E-state index contributed by atoms with van der Waals surface area (Å²) >= 11 is 0. The number of pyridine rings is 1. The number of fused-ring (bicyclic) bond motifs is 2. The number of rotatable bonds is 4. The van der Waals surface area contributed by atoms with Crippen LogP contribution in [0.4, 0.5) is 5.69 Å². The number of nitrogens with zero attached hydrogens (tertiary/aromatic N) is 4. The molecule has 0 unspecified atom stereocenters. The molecule has 1 saturated carbocycles. The first-order chi connectivity index (χ1) is 16.8. The van der Waals surface area contributed by atoms with Crippen LogP contribution in [0.2, 0.25) is 0 Å². The molecule has 1 saturated heterocycles. The fourth-order valence-electron chi connectivity index (χ4n) is 5.30. The summed E-state index contributed by atoms with van der Waals surface area (Å²) in [6, 6.07) is 16.8. The molecule has 0 atom stereocenters.